The van der Waals surface area contributed by atoms with Crippen LogP contribution in [0.3, 0.4) is 0 Å². The number of carbonyl (C=O) groups excluding carboxylic acids is 3. The summed E-state index contributed by atoms with van der Waals surface area (Å²) in [6.07, 6.45) is 0. The van der Waals surface area contributed by atoms with E-state index in [-0.39, 0.29) is 16.5 Å². The summed E-state index contributed by atoms with van der Waals surface area (Å²) in [6, 6.07) is 6.65. The van der Waals surface area contributed by atoms with Gasteiger partial charge in [0.25, 0.3) is 11.8 Å². The lowest BCUT2D eigenvalue weighted by molar-refractivity contribution is 0.0305. The van der Waals surface area contributed by atoms with Gasteiger partial charge in [-0.25, -0.2) is 4.79 Å². The first-order chi connectivity index (χ1) is 14.0. The van der Waals surface area contributed by atoms with E-state index in [0.717, 1.165) is 11.3 Å². The number of benzene rings is 1. The predicted octanol–water partition coefficient (Wildman–Crippen LogP) is 2.58. The van der Waals surface area contributed by atoms with E-state index in [1.807, 2.05) is 0 Å². The van der Waals surface area contributed by atoms with Crippen LogP contribution in [0.25, 0.3) is 0 Å². The Morgan fingerprint density at radius 3 is 2.55 bits per heavy atom. The number of nitrogens with zero attached hydrogens (tertiary/aromatic N) is 1. The molecule has 0 spiro atoms. The molecule has 1 fully saturated rings. The Labute approximate surface area is 172 Å². The van der Waals surface area contributed by atoms with Crippen LogP contribution in [0.15, 0.2) is 24.3 Å². The molecule has 2 amide bonds. The quantitative estimate of drug-likeness (QED) is 0.750. The topological polar surface area (TPSA) is 94.2 Å². The van der Waals surface area contributed by atoms with Crippen LogP contribution in [-0.4, -0.2) is 63.2 Å². The molecule has 0 unspecified atom stereocenters. The Bertz CT molecular complexity index is 933. The molecule has 0 atom stereocenters. The zero-order valence-electron chi connectivity index (χ0n) is 16.4. The molecule has 1 aliphatic rings. The Balaban J connectivity index is 1.93. The number of amides is 2. The first-order valence-corrected chi connectivity index (χ1v) is 9.82. The van der Waals surface area contributed by atoms with Crippen LogP contribution in [-0.2, 0) is 9.47 Å². The fourth-order valence-corrected chi connectivity index (χ4v) is 4.16. The summed E-state index contributed by atoms with van der Waals surface area (Å²) in [4.78, 5) is 40.1. The SMILES string of the molecule is COC(=O)c1c(NC(=O)c2cccc(OC)c2)sc(C(=O)N2CCOCC2)c1C. The van der Waals surface area contributed by atoms with E-state index in [4.69, 9.17) is 14.2 Å². The maximum Gasteiger partial charge on any atom is 0.341 e. The van der Waals surface area contributed by atoms with Crippen LogP contribution in [0.4, 0.5) is 5.00 Å². The molecule has 29 heavy (non-hydrogen) atoms. The number of hydrogen-bond acceptors (Lipinski definition) is 7. The lowest BCUT2D eigenvalue weighted by atomic mass is 10.1. The van der Waals surface area contributed by atoms with Crippen LogP contribution in [0.1, 0.15) is 36.0 Å². The largest absolute Gasteiger partial charge is 0.497 e. The van der Waals surface area contributed by atoms with Crippen LogP contribution < -0.4 is 10.1 Å². The van der Waals surface area contributed by atoms with Crippen molar-refractivity contribution < 1.29 is 28.6 Å². The zero-order valence-corrected chi connectivity index (χ0v) is 17.3. The van der Waals surface area contributed by atoms with E-state index in [2.05, 4.69) is 5.32 Å². The average Bonchev–Trinajstić information content (AvgIpc) is 3.08. The van der Waals surface area contributed by atoms with Gasteiger partial charge < -0.3 is 24.4 Å². The van der Waals surface area contributed by atoms with E-state index >= 15 is 0 Å². The third-order valence-corrected chi connectivity index (χ3v) is 5.78. The fraction of sp³-hybridized carbons (Fsp3) is 0.350. The number of nitrogens with one attached hydrogen (secondary N) is 1. The van der Waals surface area contributed by atoms with Crippen LogP contribution in [0.2, 0.25) is 0 Å². The normalized spacial score (nSPS) is 13.7. The number of rotatable bonds is 5. The highest BCUT2D eigenvalue weighted by molar-refractivity contribution is 7.18. The van der Waals surface area contributed by atoms with Gasteiger partial charge in [-0.2, -0.15) is 0 Å². The molecule has 0 bridgehead atoms. The standard InChI is InChI=1S/C20H22N2O6S/c1-12-15(20(25)27-3)18(21-17(23)13-5-4-6-14(11-13)26-2)29-16(12)19(24)22-7-9-28-10-8-22/h4-6,11H,7-10H2,1-3H3,(H,21,23). The van der Waals surface area contributed by atoms with Gasteiger partial charge in [-0.1, -0.05) is 6.07 Å². The predicted molar refractivity (Wildman–Crippen MR) is 108 cm³/mol. The Hall–Kier alpha value is -2.91. The Morgan fingerprint density at radius 2 is 1.90 bits per heavy atom. The van der Waals surface area contributed by atoms with Crippen molar-refractivity contribution in [1.82, 2.24) is 4.90 Å². The molecule has 0 aliphatic carbocycles. The molecular weight excluding hydrogens is 396 g/mol. The molecule has 8 nitrogen and oxygen atoms in total. The summed E-state index contributed by atoms with van der Waals surface area (Å²) in [6.45, 7) is 3.58. The lowest BCUT2D eigenvalue weighted by Crippen LogP contribution is -2.40. The third-order valence-electron chi connectivity index (χ3n) is 4.59. The highest BCUT2D eigenvalue weighted by Crippen LogP contribution is 2.35. The monoisotopic (exact) mass is 418 g/mol. The maximum atomic E-state index is 12.9. The van der Waals surface area contributed by atoms with Gasteiger partial charge in [0, 0.05) is 18.7 Å². The molecular formula is C20H22N2O6S. The third kappa shape index (κ3) is 4.41. The van der Waals surface area contributed by atoms with Gasteiger partial charge in [0.05, 0.1) is 37.9 Å². The van der Waals surface area contributed by atoms with Crippen molar-refractivity contribution in [1.29, 1.82) is 0 Å². The average molecular weight is 418 g/mol. The van der Waals surface area contributed by atoms with Gasteiger partial charge in [0.1, 0.15) is 10.8 Å². The summed E-state index contributed by atoms with van der Waals surface area (Å²) in [5.74, 6) is -0.680. The number of carbonyl (C=O) groups is 3. The second-order valence-electron chi connectivity index (χ2n) is 6.34. The van der Waals surface area contributed by atoms with Crippen molar-refractivity contribution in [3.05, 3.63) is 45.8 Å². The molecule has 2 heterocycles. The minimum absolute atomic E-state index is 0.186. The van der Waals surface area contributed by atoms with Crippen molar-refractivity contribution in [2.45, 2.75) is 6.92 Å². The first kappa shape index (κ1) is 20.8. The molecule has 0 saturated carbocycles. The molecule has 1 saturated heterocycles. The smallest absolute Gasteiger partial charge is 0.341 e. The second-order valence-corrected chi connectivity index (χ2v) is 7.36. The molecule has 154 valence electrons. The van der Waals surface area contributed by atoms with Crippen molar-refractivity contribution in [2.24, 2.45) is 0 Å². The van der Waals surface area contributed by atoms with Gasteiger partial charge in [-0.3, -0.25) is 9.59 Å². The van der Waals surface area contributed by atoms with Gasteiger partial charge in [-0.05, 0) is 30.7 Å². The van der Waals surface area contributed by atoms with Gasteiger partial charge in [0.15, 0.2) is 0 Å². The van der Waals surface area contributed by atoms with Gasteiger partial charge in [0.2, 0.25) is 0 Å². The summed E-state index contributed by atoms with van der Waals surface area (Å²) in [5, 5.41) is 3.02. The van der Waals surface area contributed by atoms with Crippen molar-refractivity contribution in [2.75, 3.05) is 45.8 Å². The maximum absolute atomic E-state index is 12.9. The van der Waals surface area contributed by atoms with E-state index in [1.165, 1.54) is 14.2 Å². The van der Waals surface area contributed by atoms with Crippen molar-refractivity contribution in [3.8, 4) is 5.75 Å². The zero-order chi connectivity index (χ0) is 21.0. The molecule has 2 aromatic rings. The summed E-state index contributed by atoms with van der Waals surface area (Å²) in [7, 11) is 2.77. The molecule has 1 N–H and O–H groups in total. The van der Waals surface area contributed by atoms with Crippen LogP contribution in [0.5, 0.6) is 5.75 Å². The summed E-state index contributed by atoms with van der Waals surface area (Å²) >= 11 is 1.07. The number of methoxy groups -OCH3 is 2. The highest BCUT2D eigenvalue weighted by atomic mass is 32.1. The number of ether oxygens (including phenoxy) is 3. The number of morpholine rings is 1. The minimum Gasteiger partial charge on any atom is -0.497 e. The van der Waals surface area contributed by atoms with Crippen molar-refractivity contribution in [3.63, 3.8) is 0 Å². The second kappa shape index (κ2) is 9.06. The number of esters is 1. The van der Waals surface area contributed by atoms with Gasteiger partial charge in [-0.15, -0.1) is 11.3 Å². The molecule has 9 heteroatoms. The van der Waals surface area contributed by atoms with Crippen LogP contribution >= 0.6 is 11.3 Å². The summed E-state index contributed by atoms with van der Waals surface area (Å²) in [5.41, 5.74) is 1.04. The van der Waals surface area contributed by atoms with Gasteiger partial charge >= 0.3 is 5.97 Å². The Kier molecular flexibility index (Phi) is 6.50. The van der Waals surface area contributed by atoms with E-state index in [0.29, 0.717) is 48.1 Å². The number of anilines is 1. The lowest BCUT2D eigenvalue weighted by Gasteiger charge is -2.26. The fourth-order valence-electron chi connectivity index (χ4n) is 3.00. The van der Waals surface area contributed by atoms with E-state index in [9.17, 15) is 14.4 Å². The first-order valence-electron chi connectivity index (χ1n) is 9.00. The minimum atomic E-state index is -0.610. The highest BCUT2D eigenvalue weighted by Gasteiger charge is 2.29. The van der Waals surface area contributed by atoms with E-state index < -0.39 is 11.9 Å². The van der Waals surface area contributed by atoms with Crippen molar-refractivity contribution >= 4 is 34.1 Å². The summed E-state index contributed by atoms with van der Waals surface area (Å²) < 4.78 is 15.3. The molecule has 3 rings (SSSR count). The molecule has 0 radical (unpaired) electrons. The number of thiophene rings is 1. The number of hydrogen-bond donors (Lipinski definition) is 1. The Morgan fingerprint density at radius 1 is 1.17 bits per heavy atom. The molecule has 1 aromatic heterocycles. The van der Waals surface area contributed by atoms with E-state index in [1.54, 1.807) is 36.1 Å². The van der Waals surface area contributed by atoms with Crippen LogP contribution in [0, 0.1) is 6.92 Å². The molecule has 1 aromatic carbocycles. The molecule has 1 aliphatic heterocycles.